The maximum Gasteiger partial charge on any atom is 0.422 e. The summed E-state index contributed by atoms with van der Waals surface area (Å²) >= 11 is 11.2. The van der Waals surface area contributed by atoms with Gasteiger partial charge in [-0.3, -0.25) is 4.72 Å². The molecule has 0 radical (unpaired) electrons. The predicted molar refractivity (Wildman–Crippen MR) is 60.1 cm³/mol. The van der Waals surface area contributed by atoms with Gasteiger partial charge in [0.25, 0.3) is 0 Å². The molecule has 2 N–H and O–H groups in total. The summed E-state index contributed by atoms with van der Waals surface area (Å²) in [6.45, 7) is 0. The number of carbonyl (C=O) groups is 1. The van der Waals surface area contributed by atoms with E-state index in [0.29, 0.717) is 0 Å². The molecule has 0 aliphatic rings. The van der Waals surface area contributed by atoms with Crippen LogP contribution in [0.2, 0.25) is 10.3 Å². The van der Waals surface area contributed by atoms with Crippen molar-refractivity contribution in [1.82, 2.24) is 14.7 Å². The summed E-state index contributed by atoms with van der Waals surface area (Å²) in [5.41, 5.74) is -0.243. The summed E-state index contributed by atoms with van der Waals surface area (Å²) in [6, 6.07) is 0. The third-order valence-electron chi connectivity index (χ3n) is 1.39. The molecule has 1 aromatic rings. The minimum atomic E-state index is -4.21. The zero-order valence-corrected chi connectivity index (χ0v) is 10.6. The first-order valence-corrected chi connectivity index (χ1v) is 6.14. The Balaban J connectivity index is 2.95. The highest BCUT2D eigenvalue weighted by molar-refractivity contribution is 7.91. The van der Waals surface area contributed by atoms with Crippen LogP contribution in [0.1, 0.15) is 0 Å². The van der Waals surface area contributed by atoms with Crippen molar-refractivity contribution in [3.8, 4) is 0 Å². The molecule has 11 heteroatoms. The van der Waals surface area contributed by atoms with Crippen LogP contribution in [0.25, 0.3) is 0 Å². The number of hydrogen-bond acceptors (Lipinski definition) is 6. The van der Waals surface area contributed by atoms with E-state index in [4.69, 9.17) is 23.2 Å². The van der Waals surface area contributed by atoms with Crippen LogP contribution in [0.15, 0.2) is 6.33 Å². The number of aromatic nitrogens is 2. The summed E-state index contributed by atoms with van der Waals surface area (Å²) in [5, 5.41) is -0.416. The highest BCUT2D eigenvalue weighted by atomic mass is 35.5. The van der Waals surface area contributed by atoms with Crippen LogP contribution >= 0.6 is 23.2 Å². The molecule has 1 rings (SSSR count). The number of halogens is 2. The topological polar surface area (TPSA) is 110 Å². The highest BCUT2D eigenvalue weighted by Gasteiger charge is 2.18. The summed E-state index contributed by atoms with van der Waals surface area (Å²) in [6.07, 6.45) is -0.113. The number of carbonyl (C=O) groups excluding carboxylic acids is 1. The van der Waals surface area contributed by atoms with E-state index in [2.05, 4.69) is 14.7 Å². The van der Waals surface area contributed by atoms with Crippen LogP contribution < -0.4 is 9.44 Å². The average molecular weight is 301 g/mol. The van der Waals surface area contributed by atoms with Gasteiger partial charge in [0.2, 0.25) is 0 Å². The molecule has 1 aromatic heterocycles. The number of hydrogen-bond donors (Lipinski definition) is 2. The smallest absolute Gasteiger partial charge is 0.422 e. The van der Waals surface area contributed by atoms with Gasteiger partial charge in [-0.2, -0.15) is 8.42 Å². The van der Waals surface area contributed by atoms with E-state index in [1.165, 1.54) is 4.72 Å². The van der Waals surface area contributed by atoms with Gasteiger partial charge in [-0.05, 0) is 0 Å². The molecule has 1 heterocycles. The SMILES string of the molecule is COC(=O)NS(=O)(=O)Nc1c(Cl)ncnc1Cl. The maximum atomic E-state index is 11.4. The van der Waals surface area contributed by atoms with Crippen molar-refractivity contribution in [2.24, 2.45) is 0 Å². The monoisotopic (exact) mass is 300 g/mol. The Bertz CT molecular complexity index is 515. The predicted octanol–water partition coefficient (Wildman–Crippen LogP) is 0.796. The number of nitrogens with one attached hydrogen (secondary N) is 2. The van der Waals surface area contributed by atoms with E-state index in [-0.39, 0.29) is 16.0 Å². The first-order valence-electron chi connectivity index (χ1n) is 3.90. The molecule has 0 saturated heterocycles. The number of anilines is 1. The summed E-state index contributed by atoms with van der Waals surface area (Å²) in [5.74, 6) is 0. The molecule has 0 aliphatic heterocycles. The first-order chi connectivity index (χ1) is 7.85. The first kappa shape index (κ1) is 13.7. The summed E-state index contributed by atoms with van der Waals surface area (Å²) in [7, 11) is -3.20. The molecule has 0 aliphatic carbocycles. The van der Waals surface area contributed by atoms with Crippen molar-refractivity contribution in [2.45, 2.75) is 0 Å². The Kier molecular flexibility index (Phi) is 4.32. The van der Waals surface area contributed by atoms with Gasteiger partial charge >= 0.3 is 16.3 Å². The van der Waals surface area contributed by atoms with Gasteiger partial charge in [0, 0.05) is 0 Å². The lowest BCUT2D eigenvalue weighted by atomic mass is 10.6. The molecule has 0 atom stereocenters. The van der Waals surface area contributed by atoms with E-state index in [0.717, 1.165) is 13.4 Å². The quantitative estimate of drug-likeness (QED) is 0.799. The van der Waals surface area contributed by atoms with Crippen LogP contribution in [-0.2, 0) is 14.9 Å². The van der Waals surface area contributed by atoms with Gasteiger partial charge in [-0.15, -0.1) is 0 Å². The minimum absolute atomic E-state index is 0.208. The second kappa shape index (κ2) is 5.34. The van der Waals surface area contributed by atoms with Crippen LogP contribution in [0.4, 0.5) is 10.5 Å². The average Bonchev–Trinajstić information content (AvgIpc) is 2.23. The number of ether oxygens (including phenoxy) is 1. The molecule has 17 heavy (non-hydrogen) atoms. The molecule has 0 bridgehead atoms. The zero-order chi connectivity index (χ0) is 13.1. The van der Waals surface area contributed by atoms with Crippen LogP contribution in [-0.4, -0.2) is 31.6 Å². The summed E-state index contributed by atoms with van der Waals surface area (Å²) < 4.78 is 30.3. The number of amides is 1. The molecule has 1 amide bonds. The Hall–Kier alpha value is -1.32. The molecule has 0 unspecified atom stereocenters. The number of nitrogens with zero attached hydrogens (tertiary/aromatic N) is 2. The molecule has 0 aromatic carbocycles. The van der Waals surface area contributed by atoms with Crippen LogP contribution in [0.3, 0.4) is 0 Å². The van der Waals surface area contributed by atoms with Gasteiger partial charge in [0.1, 0.15) is 12.0 Å². The number of methoxy groups -OCH3 is 1. The lowest BCUT2D eigenvalue weighted by Crippen LogP contribution is -2.35. The lowest BCUT2D eigenvalue weighted by Gasteiger charge is -2.09. The van der Waals surface area contributed by atoms with E-state index >= 15 is 0 Å². The van der Waals surface area contributed by atoms with Crippen molar-refractivity contribution < 1.29 is 17.9 Å². The Morgan fingerprint density at radius 1 is 1.35 bits per heavy atom. The molecule has 0 spiro atoms. The fraction of sp³-hybridized carbons (Fsp3) is 0.167. The van der Waals surface area contributed by atoms with Gasteiger partial charge in [0.05, 0.1) is 7.11 Å². The van der Waals surface area contributed by atoms with Crippen molar-refractivity contribution >= 4 is 45.2 Å². The van der Waals surface area contributed by atoms with Crippen LogP contribution in [0, 0.1) is 0 Å². The second-order valence-corrected chi connectivity index (χ2v) is 4.66. The second-order valence-electron chi connectivity index (χ2n) is 2.53. The molecule has 0 saturated carbocycles. The molecular formula is C6H6Cl2N4O4S. The Labute approximate surface area is 106 Å². The summed E-state index contributed by atoms with van der Waals surface area (Å²) in [4.78, 5) is 17.8. The molecule has 0 fully saturated rings. The normalized spacial score (nSPS) is 10.8. The van der Waals surface area contributed by atoms with Crippen molar-refractivity contribution in [2.75, 3.05) is 11.8 Å². The fourth-order valence-corrected chi connectivity index (χ4v) is 2.08. The van der Waals surface area contributed by atoms with Gasteiger partial charge in [-0.1, -0.05) is 23.2 Å². The Morgan fingerprint density at radius 2 is 1.88 bits per heavy atom. The fourth-order valence-electron chi connectivity index (χ4n) is 0.740. The van der Waals surface area contributed by atoms with Crippen LogP contribution in [0.5, 0.6) is 0 Å². The van der Waals surface area contributed by atoms with Crippen molar-refractivity contribution in [3.63, 3.8) is 0 Å². The number of rotatable bonds is 3. The Morgan fingerprint density at radius 3 is 2.35 bits per heavy atom. The molecular weight excluding hydrogens is 295 g/mol. The third kappa shape index (κ3) is 3.88. The molecule has 8 nitrogen and oxygen atoms in total. The minimum Gasteiger partial charge on any atom is -0.452 e. The largest absolute Gasteiger partial charge is 0.452 e. The molecule has 94 valence electrons. The van der Waals surface area contributed by atoms with E-state index < -0.39 is 16.3 Å². The van der Waals surface area contributed by atoms with Gasteiger partial charge < -0.3 is 4.74 Å². The standard InChI is InChI=1S/C6H6Cl2N4O4S/c1-16-6(13)12-17(14,15)11-3-4(7)9-2-10-5(3)8/h2,11H,1H3,(H,12,13). The van der Waals surface area contributed by atoms with E-state index in [1.54, 1.807) is 0 Å². The van der Waals surface area contributed by atoms with E-state index in [1.807, 2.05) is 4.72 Å². The van der Waals surface area contributed by atoms with Gasteiger partial charge in [0.15, 0.2) is 10.3 Å². The van der Waals surface area contributed by atoms with E-state index in [9.17, 15) is 13.2 Å². The van der Waals surface area contributed by atoms with Gasteiger partial charge in [-0.25, -0.2) is 19.5 Å². The third-order valence-corrected chi connectivity index (χ3v) is 2.88. The lowest BCUT2D eigenvalue weighted by molar-refractivity contribution is 0.177. The highest BCUT2D eigenvalue weighted by Crippen LogP contribution is 2.26. The maximum absolute atomic E-state index is 11.4. The zero-order valence-electron chi connectivity index (χ0n) is 8.27. The van der Waals surface area contributed by atoms with Crippen molar-refractivity contribution in [3.05, 3.63) is 16.6 Å². The van der Waals surface area contributed by atoms with Crippen molar-refractivity contribution in [1.29, 1.82) is 0 Å².